The predicted octanol–water partition coefficient (Wildman–Crippen LogP) is 1.30. The Kier molecular flexibility index (Phi) is 5.67. The molecule has 0 unspecified atom stereocenters. The van der Waals surface area contributed by atoms with Crippen molar-refractivity contribution in [3.05, 3.63) is 35.1 Å². The average molecular weight is 321 g/mol. The lowest BCUT2D eigenvalue weighted by molar-refractivity contribution is -0.135. The number of aryl methyl sites for hydroxylation is 1. The molecule has 1 aromatic carbocycles. The molecule has 7 heteroatoms. The number of nitrogens with one attached hydrogen (secondary N) is 2. The van der Waals surface area contributed by atoms with Crippen LogP contribution in [0.1, 0.15) is 41.6 Å². The molecule has 1 aliphatic rings. The van der Waals surface area contributed by atoms with Gasteiger partial charge in [-0.1, -0.05) is 12.5 Å². The molecule has 0 spiro atoms. The summed E-state index contributed by atoms with van der Waals surface area (Å²) in [4.78, 5) is 37.0. The van der Waals surface area contributed by atoms with E-state index in [4.69, 9.17) is 0 Å². The Balaban J connectivity index is 1.84. The standard InChI is InChI=1S/C16H20FN3O3/c1-11-6-7-12(9-13(11)17)16(23)19-18-14(21)10-20-8-4-2-3-5-15(20)22/h6-7,9H,2-5,8,10H2,1H3,(H,18,21)(H,19,23). The monoisotopic (exact) mass is 321 g/mol. The van der Waals surface area contributed by atoms with E-state index in [2.05, 4.69) is 10.9 Å². The minimum Gasteiger partial charge on any atom is -0.333 e. The lowest BCUT2D eigenvalue weighted by Crippen LogP contribution is -2.47. The van der Waals surface area contributed by atoms with Crippen LogP contribution in [0.4, 0.5) is 4.39 Å². The number of halogens is 1. The zero-order chi connectivity index (χ0) is 16.8. The normalized spacial score (nSPS) is 15.0. The quantitative estimate of drug-likeness (QED) is 0.824. The second-order valence-corrected chi connectivity index (χ2v) is 5.59. The summed E-state index contributed by atoms with van der Waals surface area (Å²) in [5, 5.41) is 0. The summed E-state index contributed by atoms with van der Waals surface area (Å²) in [6.07, 6.45) is 3.13. The number of rotatable bonds is 3. The van der Waals surface area contributed by atoms with Gasteiger partial charge < -0.3 is 4.90 Å². The second kappa shape index (κ2) is 7.71. The Bertz CT molecular complexity index is 619. The first-order valence-electron chi connectivity index (χ1n) is 7.60. The molecule has 2 rings (SSSR count). The van der Waals surface area contributed by atoms with Crippen molar-refractivity contribution >= 4 is 17.7 Å². The number of nitrogens with zero attached hydrogens (tertiary/aromatic N) is 1. The molecule has 0 aliphatic carbocycles. The van der Waals surface area contributed by atoms with Gasteiger partial charge >= 0.3 is 0 Å². The molecule has 0 radical (unpaired) electrons. The van der Waals surface area contributed by atoms with Crippen molar-refractivity contribution < 1.29 is 18.8 Å². The molecule has 2 N–H and O–H groups in total. The van der Waals surface area contributed by atoms with E-state index < -0.39 is 17.6 Å². The Morgan fingerprint density at radius 3 is 2.74 bits per heavy atom. The number of hydrazine groups is 1. The van der Waals surface area contributed by atoms with Gasteiger partial charge in [0.1, 0.15) is 12.4 Å². The summed E-state index contributed by atoms with van der Waals surface area (Å²) in [5.41, 5.74) is 5.02. The van der Waals surface area contributed by atoms with Crippen LogP contribution in [0, 0.1) is 12.7 Å². The molecule has 23 heavy (non-hydrogen) atoms. The van der Waals surface area contributed by atoms with Crippen molar-refractivity contribution in [2.24, 2.45) is 0 Å². The summed E-state index contributed by atoms with van der Waals surface area (Å²) >= 11 is 0. The van der Waals surface area contributed by atoms with Crippen LogP contribution in [0.2, 0.25) is 0 Å². The first kappa shape index (κ1) is 16.9. The van der Waals surface area contributed by atoms with Crippen LogP contribution < -0.4 is 10.9 Å². The molecule has 0 saturated carbocycles. The summed E-state index contributed by atoms with van der Waals surface area (Å²) in [7, 11) is 0. The van der Waals surface area contributed by atoms with Crippen molar-refractivity contribution in [3.63, 3.8) is 0 Å². The molecule has 3 amide bonds. The lowest BCUT2D eigenvalue weighted by atomic mass is 10.1. The third-order valence-electron chi connectivity index (χ3n) is 3.76. The van der Waals surface area contributed by atoms with Crippen molar-refractivity contribution in [2.75, 3.05) is 13.1 Å². The van der Waals surface area contributed by atoms with Gasteiger partial charge in [-0.25, -0.2) is 4.39 Å². The molecule has 1 aromatic rings. The van der Waals surface area contributed by atoms with E-state index in [1.807, 2.05) is 0 Å². The fraction of sp³-hybridized carbons (Fsp3) is 0.438. The molecule has 0 bridgehead atoms. The molecule has 1 saturated heterocycles. The highest BCUT2D eigenvalue weighted by Crippen LogP contribution is 2.11. The smallest absolute Gasteiger partial charge is 0.269 e. The van der Waals surface area contributed by atoms with E-state index in [1.54, 1.807) is 6.92 Å². The van der Waals surface area contributed by atoms with Crippen LogP contribution in [0.15, 0.2) is 18.2 Å². The Hall–Kier alpha value is -2.44. The highest BCUT2D eigenvalue weighted by atomic mass is 19.1. The highest BCUT2D eigenvalue weighted by molar-refractivity contribution is 5.95. The summed E-state index contributed by atoms with van der Waals surface area (Å²) in [6.45, 7) is 2.04. The molecule has 0 atom stereocenters. The fourth-order valence-electron chi connectivity index (χ4n) is 2.35. The largest absolute Gasteiger partial charge is 0.333 e. The topological polar surface area (TPSA) is 78.5 Å². The van der Waals surface area contributed by atoms with Crippen LogP contribution in [0.25, 0.3) is 0 Å². The maximum atomic E-state index is 13.4. The number of amides is 3. The van der Waals surface area contributed by atoms with Gasteiger partial charge in [-0.3, -0.25) is 25.2 Å². The summed E-state index contributed by atoms with van der Waals surface area (Å²) < 4.78 is 13.4. The summed E-state index contributed by atoms with van der Waals surface area (Å²) in [6, 6.07) is 4.06. The van der Waals surface area contributed by atoms with Crippen LogP contribution in [0.5, 0.6) is 0 Å². The van der Waals surface area contributed by atoms with E-state index in [1.165, 1.54) is 17.0 Å². The second-order valence-electron chi connectivity index (χ2n) is 5.59. The van der Waals surface area contributed by atoms with Gasteiger partial charge in [0.2, 0.25) is 5.91 Å². The number of carbonyl (C=O) groups excluding carboxylic acids is 3. The van der Waals surface area contributed by atoms with Gasteiger partial charge in [0.15, 0.2) is 0 Å². The van der Waals surface area contributed by atoms with E-state index >= 15 is 0 Å². The molecule has 1 heterocycles. The lowest BCUT2D eigenvalue weighted by Gasteiger charge is -2.19. The maximum absolute atomic E-state index is 13.4. The fourth-order valence-corrected chi connectivity index (χ4v) is 2.35. The van der Waals surface area contributed by atoms with Crippen molar-refractivity contribution in [1.29, 1.82) is 0 Å². The van der Waals surface area contributed by atoms with Gasteiger partial charge in [0.05, 0.1) is 0 Å². The molecular formula is C16H20FN3O3. The van der Waals surface area contributed by atoms with E-state index in [0.29, 0.717) is 18.5 Å². The van der Waals surface area contributed by atoms with Gasteiger partial charge in [-0.05, 0) is 37.5 Å². The predicted molar refractivity (Wildman–Crippen MR) is 81.8 cm³/mol. The Morgan fingerprint density at radius 2 is 2.00 bits per heavy atom. The Labute approximate surface area is 134 Å². The van der Waals surface area contributed by atoms with Crippen LogP contribution in [0.3, 0.4) is 0 Å². The van der Waals surface area contributed by atoms with Gasteiger partial charge in [-0.2, -0.15) is 0 Å². The SMILES string of the molecule is Cc1ccc(C(=O)NNC(=O)CN2CCCCCC2=O)cc1F. The van der Waals surface area contributed by atoms with Crippen molar-refractivity contribution in [3.8, 4) is 0 Å². The van der Waals surface area contributed by atoms with Gasteiger partial charge in [0, 0.05) is 18.5 Å². The number of likely N-dealkylation sites (tertiary alicyclic amines) is 1. The van der Waals surface area contributed by atoms with E-state index in [9.17, 15) is 18.8 Å². The summed E-state index contributed by atoms with van der Waals surface area (Å²) in [5.74, 6) is -1.63. The molecule has 124 valence electrons. The van der Waals surface area contributed by atoms with Crippen molar-refractivity contribution in [1.82, 2.24) is 15.8 Å². The minimum absolute atomic E-state index is 0.0513. The minimum atomic E-state index is -0.612. The Morgan fingerprint density at radius 1 is 1.22 bits per heavy atom. The molecular weight excluding hydrogens is 301 g/mol. The third kappa shape index (κ3) is 4.77. The number of carbonyl (C=O) groups is 3. The third-order valence-corrected chi connectivity index (χ3v) is 3.76. The maximum Gasteiger partial charge on any atom is 0.269 e. The zero-order valence-electron chi connectivity index (χ0n) is 13.0. The van der Waals surface area contributed by atoms with Gasteiger partial charge in [0.25, 0.3) is 11.8 Å². The van der Waals surface area contributed by atoms with Crippen LogP contribution in [-0.2, 0) is 9.59 Å². The first-order chi connectivity index (χ1) is 11.0. The van der Waals surface area contributed by atoms with Crippen LogP contribution in [-0.4, -0.2) is 35.7 Å². The highest BCUT2D eigenvalue weighted by Gasteiger charge is 2.19. The molecule has 6 nitrogen and oxygen atoms in total. The van der Waals surface area contributed by atoms with Gasteiger partial charge in [-0.15, -0.1) is 0 Å². The number of hydrogen-bond donors (Lipinski definition) is 2. The van der Waals surface area contributed by atoms with E-state index in [-0.39, 0.29) is 18.0 Å². The number of hydrogen-bond acceptors (Lipinski definition) is 3. The van der Waals surface area contributed by atoms with Crippen LogP contribution >= 0.6 is 0 Å². The van der Waals surface area contributed by atoms with Crippen molar-refractivity contribution in [2.45, 2.75) is 32.6 Å². The van der Waals surface area contributed by atoms with E-state index in [0.717, 1.165) is 25.3 Å². The zero-order valence-corrected chi connectivity index (χ0v) is 13.0. The average Bonchev–Trinajstić information content (AvgIpc) is 2.72. The number of benzene rings is 1. The molecule has 0 aromatic heterocycles. The molecule has 1 fully saturated rings. The first-order valence-corrected chi connectivity index (χ1v) is 7.60. The molecule has 1 aliphatic heterocycles.